The van der Waals surface area contributed by atoms with E-state index < -0.39 is 5.97 Å². The molecule has 0 aromatic carbocycles. The minimum Gasteiger partial charge on any atom is -0.489 e. The maximum atomic E-state index is 11.1. The monoisotopic (exact) mass is 268 g/mol. The van der Waals surface area contributed by atoms with Crippen LogP contribution in [0, 0.1) is 12.8 Å². The highest BCUT2D eigenvalue weighted by atomic mass is 32.1. The quantitative estimate of drug-likeness (QED) is 0.894. The van der Waals surface area contributed by atoms with Crippen molar-refractivity contribution in [1.82, 2.24) is 0 Å². The fourth-order valence-corrected chi connectivity index (χ4v) is 3.41. The van der Waals surface area contributed by atoms with Crippen molar-refractivity contribution in [1.29, 1.82) is 0 Å². The van der Waals surface area contributed by atoms with Gasteiger partial charge in [0.25, 0.3) is 0 Å². The Kier molecular flexibility index (Phi) is 4.27. The third-order valence-corrected chi connectivity index (χ3v) is 4.64. The smallest absolute Gasteiger partial charge is 0.349 e. The molecule has 0 aliphatic heterocycles. The average Bonchev–Trinajstić information content (AvgIpc) is 2.70. The van der Waals surface area contributed by atoms with Crippen LogP contribution in [0.3, 0.4) is 0 Å². The molecule has 0 bridgehead atoms. The van der Waals surface area contributed by atoms with E-state index in [1.165, 1.54) is 30.6 Å². The number of ether oxygens (including phenoxy) is 1. The summed E-state index contributed by atoms with van der Waals surface area (Å²) in [5.74, 6) is 0.412. The van der Waals surface area contributed by atoms with Gasteiger partial charge in [-0.25, -0.2) is 4.79 Å². The highest BCUT2D eigenvalue weighted by molar-refractivity contribution is 7.14. The molecule has 1 heterocycles. The number of carboxylic acids is 1. The maximum Gasteiger partial charge on any atom is 0.349 e. The number of hydrogen-bond acceptors (Lipinski definition) is 3. The van der Waals surface area contributed by atoms with E-state index in [4.69, 9.17) is 9.84 Å². The van der Waals surface area contributed by atoms with Gasteiger partial charge in [-0.1, -0.05) is 19.8 Å². The van der Waals surface area contributed by atoms with E-state index in [0.29, 0.717) is 10.6 Å². The van der Waals surface area contributed by atoms with E-state index in [2.05, 4.69) is 6.92 Å². The molecular formula is C14H20O3S. The van der Waals surface area contributed by atoms with Gasteiger partial charge in [-0.15, -0.1) is 11.3 Å². The average molecular weight is 268 g/mol. The number of carboxylic acid groups (broad SMARTS) is 1. The summed E-state index contributed by atoms with van der Waals surface area (Å²) in [4.78, 5) is 12.5. The second-order valence-corrected chi connectivity index (χ2v) is 6.29. The van der Waals surface area contributed by atoms with Crippen molar-refractivity contribution in [3.05, 3.63) is 15.8 Å². The van der Waals surface area contributed by atoms with Gasteiger partial charge in [0, 0.05) is 4.88 Å². The fraction of sp³-hybridized carbons (Fsp3) is 0.643. The maximum absolute atomic E-state index is 11.1. The van der Waals surface area contributed by atoms with Crippen LogP contribution in [0.25, 0.3) is 0 Å². The molecule has 2 atom stereocenters. The van der Waals surface area contributed by atoms with Crippen molar-refractivity contribution in [2.75, 3.05) is 0 Å². The first-order valence-electron chi connectivity index (χ1n) is 6.60. The zero-order chi connectivity index (χ0) is 13.1. The van der Waals surface area contributed by atoms with E-state index in [9.17, 15) is 4.79 Å². The molecule has 1 aliphatic rings. The summed E-state index contributed by atoms with van der Waals surface area (Å²) in [6.45, 7) is 4.13. The number of aryl methyl sites for hydroxylation is 1. The molecule has 3 nitrogen and oxygen atoms in total. The zero-order valence-electron chi connectivity index (χ0n) is 10.9. The van der Waals surface area contributed by atoms with Crippen LogP contribution in [0.2, 0.25) is 0 Å². The van der Waals surface area contributed by atoms with Crippen LogP contribution in [0.1, 0.15) is 53.6 Å². The predicted molar refractivity (Wildman–Crippen MR) is 72.7 cm³/mol. The van der Waals surface area contributed by atoms with Gasteiger partial charge in [-0.2, -0.15) is 0 Å². The summed E-state index contributed by atoms with van der Waals surface area (Å²) in [6.07, 6.45) is 5.96. The largest absolute Gasteiger partial charge is 0.489 e. The van der Waals surface area contributed by atoms with Gasteiger partial charge in [-0.05, 0) is 38.2 Å². The van der Waals surface area contributed by atoms with E-state index in [1.54, 1.807) is 0 Å². The number of thiophene rings is 1. The van der Waals surface area contributed by atoms with Crippen molar-refractivity contribution in [2.24, 2.45) is 5.92 Å². The van der Waals surface area contributed by atoms with Crippen LogP contribution in [0.4, 0.5) is 0 Å². The van der Waals surface area contributed by atoms with E-state index in [1.807, 2.05) is 13.0 Å². The molecule has 0 spiro atoms. The van der Waals surface area contributed by atoms with Crippen LogP contribution in [-0.2, 0) is 0 Å². The third-order valence-electron chi connectivity index (χ3n) is 3.62. The Morgan fingerprint density at radius 3 is 3.00 bits per heavy atom. The molecule has 0 saturated heterocycles. The standard InChI is InChI=1S/C14H20O3S/c1-3-10-5-4-6-11(8-10)17-12-7-9(2)18-13(12)14(15)16/h7,10-11H,3-6,8H2,1-2H3,(H,15,16). The molecule has 2 rings (SSSR count). The van der Waals surface area contributed by atoms with Gasteiger partial charge >= 0.3 is 5.97 Å². The van der Waals surface area contributed by atoms with Crippen LogP contribution in [-0.4, -0.2) is 17.2 Å². The fourth-order valence-electron chi connectivity index (χ4n) is 2.63. The first-order valence-corrected chi connectivity index (χ1v) is 7.42. The van der Waals surface area contributed by atoms with Crippen LogP contribution >= 0.6 is 11.3 Å². The second-order valence-electron chi connectivity index (χ2n) is 5.04. The van der Waals surface area contributed by atoms with Crippen molar-refractivity contribution < 1.29 is 14.6 Å². The van der Waals surface area contributed by atoms with Crippen molar-refractivity contribution in [2.45, 2.75) is 52.1 Å². The van der Waals surface area contributed by atoms with Gasteiger partial charge in [0.2, 0.25) is 0 Å². The normalized spacial score (nSPS) is 23.9. The summed E-state index contributed by atoms with van der Waals surface area (Å²) >= 11 is 1.29. The minimum atomic E-state index is -0.883. The van der Waals surface area contributed by atoms with Crippen LogP contribution < -0.4 is 4.74 Å². The molecule has 2 unspecified atom stereocenters. The Hall–Kier alpha value is -1.03. The summed E-state index contributed by atoms with van der Waals surface area (Å²) in [6, 6.07) is 1.85. The molecule has 1 N–H and O–H groups in total. The predicted octanol–water partition coefficient (Wildman–Crippen LogP) is 4.10. The molecule has 0 amide bonds. The topological polar surface area (TPSA) is 46.5 Å². The van der Waals surface area contributed by atoms with Gasteiger partial charge < -0.3 is 9.84 Å². The number of carbonyl (C=O) groups is 1. The summed E-state index contributed by atoms with van der Waals surface area (Å²) in [5, 5.41) is 9.14. The first kappa shape index (κ1) is 13.4. The molecule has 1 aromatic heterocycles. The number of rotatable bonds is 4. The zero-order valence-corrected chi connectivity index (χ0v) is 11.8. The van der Waals surface area contributed by atoms with E-state index >= 15 is 0 Å². The van der Waals surface area contributed by atoms with Gasteiger partial charge in [-0.3, -0.25) is 0 Å². The van der Waals surface area contributed by atoms with Crippen molar-refractivity contribution in [3.63, 3.8) is 0 Å². The van der Waals surface area contributed by atoms with Crippen LogP contribution in [0.5, 0.6) is 5.75 Å². The molecule has 1 fully saturated rings. The Balaban J connectivity index is 2.06. The lowest BCUT2D eigenvalue weighted by atomic mass is 9.85. The Bertz CT molecular complexity index is 425. The lowest BCUT2D eigenvalue weighted by Crippen LogP contribution is -2.25. The lowest BCUT2D eigenvalue weighted by molar-refractivity contribution is 0.0689. The Labute approximate surface area is 112 Å². The number of aromatic carboxylic acids is 1. The molecule has 18 heavy (non-hydrogen) atoms. The van der Waals surface area contributed by atoms with E-state index in [0.717, 1.165) is 23.6 Å². The van der Waals surface area contributed by atoms with Gasteiger partial charge in [0.1, 0.15) is 5.75 Å². The lowest BCUT2D eigenvalue weighted by Gasteiger charge is -2.28. The summed E-state index contributed by atoms with van der Waals surface area (Å²) in [5.41, 5.74) is 0. The van der Waals surface area contributed by atoms with Gasteiger partial charge in [0.15, 0.2) is 4.88 Å². The highest BCUT2D eigenvalue weighted by Gasteiger charge is 2.24. The highest BCUT2D eigenvalue weighted by Crippen LogP contribution is 2.34. The Morgan fingerprint density at radius 2 is 2.33 bits per heavy atom. The molecular weight excluding hydrogens is 248 g/mol. The number of hydrogen-bond donors (Lipinski definition) is 1. The third kappa shape index (κ3) is 3.05. The SMILES string of the molecule is CCC1CCCC(Oc2cc(C)sc2C(=O)O)C1. The molecule has 4 heteroatoms. The van der Waals surface area contributed by atoms with Crippen LogP contribution in [0.15, 0.2) is 6.07 Å². The molecule has 1 saturated carbocycles. The first-order chi connectivity index (χ1) is 8.60. The van der Waals surface area contributed by atoms with E-state index in [-0.39, 0.29) is 6.10 Å². The van der Waals surface area contributed by atoms with Crippen molar-refractivity contribution >= 4 is 17.3 Å². The molecule has 1 aromatic rings. The summed E-state index contributed by atoms with van der Waals surface area (Å²) < 4.78 is 5.93. The molecule has 100 valence electrons. The second kappa shape index (κ2) is 5.74. The van der Waals surface area contributed by atoms with Gasteiger partial charge in [0.05, 0.1) is 6.10 Å². The minimum absolute atomic E-state index is 0.191. The molecule has 1 aliphatic carbocycles. The Morgan fingerprint density at radius 1 is 1.56 bits per heavy atom. The molecule has 0 radical (unpaired) electrons. The summed E-state index contributed by atoms with van der Waals surface area (Å²) in [7, 11) is 0. The van der Waals surface area contributed by atoms with Crippen molar-refractivity contribution in [3.8, 4) is 5.75 Å².